The summed E-state index contributed by atoms with van der Waals surface area (Å²) in [4.78, 5) is 25.3. The number of aromatic amines is 1. The number of benzene rings is 2. The molecule has 0 atom stereocenters. The topological polar surface area (TPSA) is 49.0 Å². The second-order valence-corrected chi connectivity index (χ2v) is 9.62. The molecule has 156 valence electrons. The molecule has 0 spiro atoms. The van der Waals surface area contributed by atoms with Crippen molar-refractivity contribution in [3.63, 3.8) is 0 Å². The van der Waals surface area contributed by atoms with Crippen LogP contribution in [0.3, 0.4) is 0 Å². The van der Waals surface area contributed by atoms with Gasteiger partial charge in [-0.2, -0.15) is 0 Å². The predicted octanol–water partition coefficient (Wildman–Crippen LogP) is 6.03. The van der Waals surface area contributed by atoms with Crippen molar-refractivity contribution < 1.29 is 0 Å². The van der Waals surface area contributed by atoms with Crippen molar-refractivity contribution in [3.05, 3.63) is 97.2 Å². The van der Waals surface area contributed by atoms with Gasteiger partial charge in [0.15, 0.2) is 0 Å². The summed E-state index contributed by atoms with van der Waals surface area (Å²) in [5, 5.41) is 1.40. The van der Waals surface area contributed by atoms with Crippen molar-refractivity contribution >= 4 is 34.5 Å². The van der Waals surface area contributed by atoms with E-state index in [1.165, 1.54) is 15.3 Å². The number of rotatable bonds is 4. The van der Waals surface area contributed by atoms with Gasteiger partial charge in [-0.15, -0.1) is 11.3 Å². The molecule has 31 heavy (non-hydrogen) atoms. The standard InChI is InChI=1S/C24H19Cl2N3OS/c25-17-5-1-15(2-6-17)22-10-9-19(31-22)13-29-12-11-21-20(14-29)24(30)28-23(27-21)16-3-7-18(26)8-4-16/h1-10H,11-14H2,(H,27,28,30). The molecule has 2 aromatic carbocycles. The van der Waals surface area contributed by atoms with Gasteiger partial charge in [-0.1, -0.05) is 35.3 Å². The van der Waals surface area contributed by atoms with Crippen LogP contribution in [0.15, 0.2) is 65.5 Å². The Labute approximate surface area is 194 Å². The van der Waals surface area contributed by atoms with Gasteiger partial charge in [-0.25, -0.2) is 4.98 Å². The van der Waals surface area contributed by atoms with Gasteiger partial charge in [0.1, 0.15) is 5.82 Å². The van der Waals surface area contributed by atoms with Gasteiger partial charge in [0, 0.05) is 51.4 Å². The number of aromatic nitrogens is 2. The highest BCUT2D eigenvalue weighted by atomic mass is 35.5. The fourth-order valence-corrected chi connectivity index (χ4v) is 5.12. The van der Waals surface area contributed by atoms with E-state index >= 15 is 0 Å². The molecule has 7 heteroatoms. The van der Waals surface area contributed by atoms with Crippen molar-refractivity contribution in [2.75, 3.05) is 6.54 Å². The molecule has 5 rings (SSSR count). The quantitative estimate of drug-likeness (QED) is 0.398. The molecule has 4 aromatic rings. The van der Waals surface area contributed by atoms with Gasteiger partial charge in [0.05, 0.1) is 11.3 Å². The van der Waals surface area contributed by atoms with Crippen LogP contribution < -0.4 is 5.56 Å². The second-order valence-electron chi connectivity index (χ2n) is 7.58. The third-order valence-electron chi connectivity index (χ3n) is 5.44. The van der Waals surface area contributed by atoms with E-state index in [1.807, 2.05) is 36.4 Å². The lowest BCUT2D eigenvalue weighted by Gasteiger charge is -2.27. The molecule has 4 nitrogen and oxygen atoms in total. The number of halogens is 2. The van der Waals surface area contributed by atoms with E-state index < -0.39 is 0 Å². The average Bonchev–Trinajstić information content (AvgIpc) is 3.23. The van der Waals surface area contributed by atoms with Crippen LogP contribution in [0.5, 0.6) is 0 Å². The van der Waals surface area contributed by atoms with E-state index in [-0.39, 0.29) is 5.56 Å². The molecule has 1 aliphatic heterocycles. The van der Waals surface area contributed by atoms with Crippen LogP contribution >= 0.6 is 34.5 Å². The third-order valence-corrected chi connectivity index (χ3v) is 7.06. The molecule has 0 radical (unpaired) electrons. The molecule has 0 saturated heterocycles. The molecule has 2 aromatic heterocycles. The molecule has 0 unspecified atom stereocenters. The highest BCUT2D eigenvalue weighted by molar-refractivity contribution is 7.15. The van der Waals surface area contributed by atoms with E-state index in [0.29, 0.717) is 17.4 Å². The normalized spacial score (nSPS) is 13.9. The Kier molecular flexibility index (Phi) is 5.67. The van der Waals surface area contributed by atoms with Gasteiger partial charge >= 0.3 is 0 Å². The summed E-state index contributed by atoms with van der Waals surface area (Å²) in [6, 6.07) is 19.6. The lowest BCUT2D eigenvalue weighted by Crippen LogP contribution is -2.35. The molecule has 3 heterocycles. The van der Waals surface area contributed by atoms with Crippen LogP contribution in [0.1, 0.15) is 16.1 Å². The van der Waals surface area contributed by atoms with Gasteiger partial charge in [-0.3, -0.25) is 9.69 Å². The SMILES string of the molecule is O=c1[nH]c(-c2ccc(Cl)cc2)nc2c1CN(Cc1ccc(-c3ccc(Cl)cc3)s1)CC2. The Balaban J connectivity index is 1.32. The summed E-state index contributed by atoms with van der Waals surface area (Å²) in [5.41, 5.74) is 3.61. The number of H-pyrrole nitrogens is 1. The van der Waals surface area contributed by atoms with Crippen molar-refractivity contribution in [1.82, 2.24) is 14.9 Å². The summed E-state index contributed by atoms with van der Waals surface area (Å²) in [7, 11) is 0. The monoisotopic (exact) mass is 467 g/mol. The number of nitrogens with zero attached hydrogens (tertiary/aromatic N) is 2. The minimum atomic E-state index is -0.0623. The largest absolute Gasteiger partial charge is 0.306 e. The Morgan fingerprint density at radius 1 is 0.935 bits per heavy atom. The van der Waals surface area contributed by atoms with Crippen LogP contribution in [0.4, 0.5) is 0 Å². The smallest absolute Gasteiger partial charge is 0.255 e. The zero-order valence-corrected chi connectivity index (χ0v) is 18.9. The summed E-state index contributed by atoms with van der Waals surface area (Å²) < 4.78 is 0. The summed E-state index contributed by atoms with van der Waals surface area (Å²) >= 11 is 13.7. The van der Waals surface area contributed by atoms with Crippen molar-refractivity contribution in [3.8, 4) is 21.8 Å². The molecule has 0 aliphatic carbocycles. The maximum atomic E-state index is 12.8. The predicted molar refractivity (Wildman–Crippen MR) is 128 cm³/mol. The van der Waals surface area contributed by atoms with Gasteiger partial charge in [-0.05, 0) is 54.1 Å². The highest BCUT2D eigenvalue weighted by Crippen LogP contribution is 2.30. The molecule has 0 fully saturated rings. The first-order valence-electron chi connectivity index (χ1n) is 10.0. The number of fused-ring (bicyclic) bond motifs is 1. The Bertz CT molecular complexity index is 1280. The van der Waals surface area contributed by atoms with E-state index in [0.717, 1.165) is 41.4 Å². The molecule has 0 bridgehead atoms. The Morgan fingerprint density at radius 3 is 2.32 bits per heavy atom. The third kappa shape index (κ3) is 4.46. The fraction of sp³-hybridized carbons (Fsp3) is 0.167. The highest BCUT2D eigenvalue weighted by Gasteiger charge is 2.22. The van der Waals surface area contributed by atoms with E-state index in [1.54, 1.807) is 23.5 Å². The van der Waals surface area contributed by atoms with E-state index in [2.05, 4.69) is 22.0 Å². The van der Waals surface area contributed by atoms with Crippen molar-refractivity contribution in [1.29, 1.82) is 0 Å². The molecule has 1 aliphatic rings. The summed E-state index contributed by atoms with van der Waals surface area (Å²) in [5.74, 6) is 0.597. The lowest BCUT2D eigenvalue weighted by atomic mass is 10.1. The number of thiophene rings is 1. The second kappa shape index (κ2) is 8.60. The zero-order chi connectivity index (χ0) is 21.4. The molecular weight excluding hydrogens is 449 g/mol. The number of nitrogens with one attached hydrogen (secondary N) is 1. The van der Waals surface area contributed by atoms with Crippen LogP contribution in [0, 0.1) is 0 Å². The van der Waals surface area contributed by atoms with Crippen LogP contribution in [0.25, 0.3) is 21.8 Å². The average molecular weight is 468 g/mol. The van der Waals surface area contributed by atoms with Crippen LogP contribution in [0.2, 0.25) is 10.0 Å². The minimum absolute atomic E-state index is 0.0623. The molecule has 0 amide bonds. The first-order valence-corrected chi connectivity index (χ1v) is 11.6. The van der Waals surface area contributed by atoms with Gasteiger partial charge in [0.25, 0.3) is 5.56 Å². The van der Waals surface area contributed by atoms with Crippen molar-refractivity contribution in [2.24, 2.45) is 0 Å². The first-order chi connectivity index (χ1) is 15.0. The van der Waals surface area contributed by atoms with Gasteiger partial charge in [0.2, 0.25) is 0 Å². The Hall–Kier alpha value is -2.44. The van der Waals surface area contributed by atoms with Gasteiger partial charge < -0.3 is 4.98 Å². The summed E-state index contributed by atoms with van der Waals surface area (Å²) in [6.07, 6.45) is 0.759. The van der Waals surface area contributed by atoms with Crippen molar-refractivity contribution in [2.45, 2.75) is 19.5 Å². The van der Waals surface area contributed by atoms with E-state index in [4.69, 9.17) is 28.2 Å². The summed E-state index contributed by atoms with van der Waals surface area (Å²) in [6.45, 7) is 2.29. The van der Waals surface area contributed by atoms with Crippen LogP contribution in [-0.4, -0.2) is 21.4 Å². The molecular formula is C24H19Cl2N3OS. The molecule has 1 N–H and O–H groups in total. The zero-order valence-electron chi connectivity index (χ0n) is 16.6. The lowest BCUT2D eigenvalue weighted by molar-refractivity contribution is 0.244. The van der Waals surface area contributed by atoms with Crippen LogP contribution in [-0.2, 0) is 19.5 Å². The molecule has 0 saturated carbocycles. The first kappa shape index (κ1) is 20.5. The number of hydrogen-bond acceptors (Lipinski definition) is 4. The Morgan fingerprint density at radius 2 is 1.61 bits per heavy atom. The minimum Gasteiger partial charge on any atom is -0.306 e. The number of hydrogen-bond donors (Lipinski definition) is 1. The fourth-order valence-electron chi connectivity index (χ4n) is 3.81. The maximum Gasteiger partial charge on any atom is 0.255 e. The maximum absolute atomic E-state index is 12.8. The van der Waals surface area contributed by atoms with E-state index in [9.17, 15) is 4.79 Å².